The molecular weight excluding hydrogens is 352 g/mol. The minimum atomic E-state index is -1.08. The van der Waals surface area contributed by atoms with Crippen LogP contribution in [-0.2, 0) is 9.59 Å². The standard InChI is InChI=1S/C16H19ClN2O6/c1-24-12-6-9(5-10(17)14(12)25-7-13(18)20)15(21)19-11(16(22)23)4-8-2-3-8/h5-6,8,11H,2-4,7H2,1H3,(H2,18,20)(H,19,21)(H,22,23). The van der Waals surface area contributed by atoms with Crippen LogP contribution < -0.4 is 20.5 Å². The summed E-state index contributed by atoms with van der Waals surface area (Å²) in [5.74, 6) is -1.82. The van der Waals surface area contributed by atoms with Crippen molar-refractivity contribution in [3.05, 3.63) is 22.7 Å². The Hall–Kier alpha value is -2.48. The first-order valence-corrected chi connectivity index (χ1v) is 8.02. The van der Waals surface area contributed by atoms with Crippen molar-refractivity contribution >= 4 is 29.4 Å². The molecule has 0 radical (unpaired) electrons. The van der Waals surface area contributed by atoms with E-state index in [-0.39, 0.29) is 22.1 Å². The van der Waals surface area contributed by atoms with Gasteiger partial charge in [-0.25, -0.2) is 4.79 Å². The molecule has 0 heterocycles. The van der Waals surface area contributed by atoms with Crippen LogP contribution in [0, 0.1) is 5.92 Å². The van der Waals surface area contributed by atoms with Crippen LogP contribution in [0.15, 0.2) is 12.1 Å². The van der Waals surface area contributed by atoms with Crippen LogP contribution in [0.4, 0.5) is 0 Å². The van der Waals surface area contributed by atoms with E-state index in [0.29, 0.717) is 12.3 Å². The zero-order chi connectivity index (χ0) is 18.6. The Bertz CT molecular complexity index is 689. The number of carbonyl (C=O) groups excluding carboxylic acids is 2. The molecule has 0 spiro atoms. The van der Waals surface area contributed by atoms with Gasteiger partial charge in [-0.15, -0.1) is 0 Å². The van der Waals surface area contributed by atoms with Crippen LogP contribution in [-0.4, -0.2) is 42.6 Å². The third-order valence-electron chi connectivity index (χ3n) is 3.72. The van der Waals surface area contributed by atoms with Crippen molar-refractivity contribution < 1.29 is 29.0 Å². The fraction of sp³-hybridized carbons (Fsp3) is 0.438. The summed E-state index contributed by atoms with van der Waals surface area (Å²) in [5.41, 5.74) is 5.14. The normalized spacial score (nSPS) is 14.5. The summed E-state index contributed by atoms with van der Waals surface area (Å²) in [6.07, 6.45) is 2.35. The molecule has 1 saturated carbocycles. The van der Waals surface area contributed by atoms with Gasteiger partial charge in [0.05, 0.1) is 12.1 Å². The highest BCUT2D eigenvalue weighted by molar-refractivity contribution is 6.32. The number of hydrogen-bond acceptors (Lipinski definition) is 5. The number of carbonyl (C=O) groups is 3. The smallest absolute Gasteiger partial charge is 0.326 e. The summed E-state index contributed by atoms with van der Waals surface area (Å²) in [6.45, 7) is -0.399. The molecular formula is C16H19ClN2O6. The second-order valence-corrected chi connectivity index (χ2v) is 6.20. The first-order valence-electron chi connectivity index (χ1n) is 7.64. The molecule has 25 heavy (non-hydrogen) atoms. The lowest BCUT2D eigenvalue weighted by molar-refractivity contribution is -0.139. The average Bonchev–Trinajstić information content (AvgIpc) is 3.35. The quantitative estimate of drug-likeness (QED) is 0.599. The molecule has 0 aliphatic heterocycles. The van der Waals surface area contributed by atoms with Gasteiger partial charge in [-0.3, -0.25) is 9.59 Å². The second-order valence-electron chi connectivity index (χ2n) is 5.79. The van der Waals surface area contributed by atoms with Gasteiger partial charge in [-0.1, -0.05) is 24.4 Å². The highest BCUT2D eigenvalue weighted by Crippen LogP contribution is 2.37. The van der Waals surface area contributed by atoms with Crippen LogP contribution in [0.25, 0.3) is 0 Å². The summed E-state index contributed by atoms with van der Waals surface area (Å²) < 4.78 is 10.3. The summed E-state index contributed by atoms with van der Waals surface area (Å²) in [4.78, 5) is 34.5. The minimum absolute atomic E-state index is 0.0415. The number of hydrogen-bond donors (Lipinski definition) is 3. The van der Waals surface area contributed by atoms with Crippen molar-refractivity contribution in [1.82, 2.24) is 5.32 Å². The van der Waals surface area contributed by atoms with Gasteiger partial charge < -0.3 is 25.6 Å². The monoisotopic (exact) mass is 370 g/mol. The van der Waals surface area contributed by atoms with Crippen molar-refractivity contribution in [3.8, 4) is 11.5 Å². The number of amides is 2. The van der Waals surface area contributed by atoms with Gasteiger partial charge in [-0.05, 0) is 24.5 Å². The van der Waals surface area contributed by atoms with Gasteiger partial charge >= 0.3 is 5.97 Å². The van der Waals surface area contributed by atoms with E-state index >= 15 is 0 Å². The Morgan fingerprint density at radius 2 is 2.08 bits per heavy atom. The van der Waals surface area contributed by atoms with E-state index < -0.39 is 30.4 Å². The van der Waals surface area contributed by atoms with Gasteiger partial charge in [0, 0.05) is 5.56 Å². The highest BCUT2D eigenvalue weighted by Gasteiger charge is 2.30. The van der Waals surface area contributed by atoms with Crippen molar-refractivity contribution in [2.24, 2.45) is 11.7 Å². The molecule has 1 aromatic carbocycles. The number of primary amides is 1. The molecule has 1 fully saturated rings. The van der Waals surface area contributed by atoms with Crippen molar-refractivity contribution in [2.75, 3.05) is 13.7 Å². The van der Waals surface area contributed by atoms with Gasteiger partial charge in [0.2, 0.25) is 0 Å². The van der Waals surface area contributed by atoms with E-state index in [1.54, 1.807) is 0 Å². The van der Waals surface area contributed by atoms with Crippen LogP contribution in [0.1, 0.15) is 29.6 Å². The largest absolute Gasteiger partial charge is 0.493 e. The maximum absolute atomic E-state index is 12.4. The summed E-state index contributed by atoms with van der Waals surface area (Å²) in [5, 5.41) is 11.8. The Kier molecular flexibility index (Phi) is 6.08. The first-order chi connectivity index (χ1) is 11.8. The first kappa shape index (κ1) is 18.9. The Balaban J connectivity index is 2.16. The molecule has 8 nitrogen and oxygen atoms in total. The molecule has 0 saturated heterocycles. The van der Waals surface area contributed by atoms with Crippen molar-refractivity contribution in [1.29, 1.82) is 0 Å². The highest BCUT2D eigenvalue weighted by atomic mass is 35.5. The van der Waals surface area contributed by atoms with E-state index in [1.807, 2.05) is 0 Å². The Morgan fingerprint density at radius 1 is 1.40 bits per heavy atom. The van der Waals surface area contributed by atoms with Gasteiger partial charge in [-0.2, -0.15) is 0 Å². The number of ether oxygens (including phenoxy) is 2. The maximum Gasteiger partial charge on any atom is 0.326 e. The molecule has 0 aromatic heterocycles. The molecule has 0 bridgehead atoms. The van der Waals surface area contributed by atoms with Gasteiger partial charge in [0.25, 0.3) is 11.8 Å². The summed E-state index contributed by atoms with van der Waals surface area (Å²) in [7, 11) is 1.34. The predicted octanol–water partition coefficient (Wildman–Crippen LogP) is 1.20. The number of carboxylic acid groups (broad SMARTS) is 1. The fourth-order valence-electron chi connectivity index (χ4n) is 2.28. The van der Waals surface area contributed by atoms with E-state index in [1.165, 1.54) is 19.2 Å². The van der Waals surface area contributed by atoms with Crippen molar-refractivity contribution in [3.63, 3.8) is 0 Å². The average molecular weight is 371 g/mol. The molecule has 2 rings (SSSR count). The third kappa shape index (κ3) is 5.25. The summed E-state index contributed by atoms with van der Waals surface area (Å²) >= 11 is 6.08. The molecule has 1 aromatic rings. The van der Waals surface area contributed by atoms with Crippen LogP contribution in [0.2, 0.25) is 5.02 Å². The number of aliphatic carboxylic acids is 1. The zero-order valence-electron chi connectivity index (χ0n) is 13.6. The van der Waals surface area contributed by atoms with E-state index in [4.69, 9.17) is 26.8 Å². The number of rotatable bonds is 9. The molecule has 136 valence electrons. The SMILES string of the molecule is COc1cc(C(=O)NC(CC2CC2)C(=O)O)cc(Cl)c1OCC(N)=O. The number of benzene rings is 1. The van der Waals surface area contributed by atoms with E-state index in [0.717, 1.165) is 12.8 Å². The molecule has 1 unspecified atom stereocenters. The molecule has 4 N–H and O–H groups in total. The summed E-state index contributed by atoms with van der Waals surface area (Å²) in [6, 6.07) is 1.70. The zero-order valence-corrected chi connectivity index (χ0v) is 14.3. The molecule has 2 amide bonds. The fourth-order valence-corrected chi connectivity index (χ4v) is 2.55. The second kappa shape index (κ2) is 8.06. The molecule has 1 aliphatic rings. The lowest BCUT2D eigenvalue weighted by Crippen LogP contribution is -2.41. The minimum Gasteiger partial charge on any atom is -0.493 e. The van der Waals surface area contributed by atoms with Gasteiger partial charge in [0.1, 0.15) is 6.04 Å². The van der Waals surface area contributed by atoms with E-state index in [2.05, 4.69) is 5.32 Å². The molecule has 1 atom stereocenters. The number of nitrogens with one attached hydrogen (secondary N) is 1. The van der Waals surface area contributed by atoms with E-state index in [9.17, 15) is 19.5 Å². The Labute approximate surface area is 149 Å². The van der Waals surface area contributed by atoms with Crippen LogP contribution >= 0.6 is 11.6 Å². The Morgan fingerprint density at radius 3 is 2.60 bits per heavy atom. The predicted molar refractivity (Wildman–Crippen MR) is 88.9 cm³/mol. The van der Waals surface area contributed by atoms with Crippen molar-refractivity contribution in [2.45, 2.75) is 25.3 Å². The number of halogens is 1. The third-order valence-corrected chi connectivity index (χ3v) is 4.00. The lowest BCUT2D eigenvalue weighted by Gasteiger charge is -2.16. The van der Waals surface area contributed by atoms with Crippen LogP contribution in [0.3, 0.4) is 0 Å². The van der Waals surface area contributed by atoms with Gasteiger partial charge in [0.15, 0.2) is 18.1 Å². The number of carboxylic acids is 1. The topological polar surface area (TPSA) is 128 Å². The lowest BCUT2D eigenvalue weighted by atomic mass is 10.1. The number of nitrogens with two attached hydrogens (primary N) is 1. The maximum atomic E-state index is 12.4. The van der Waals surface area contributed by atoms with Crippen LogP contribution in [0.5, 0.6) is 11.5 Å². The number of methoxy groups -OCH3 is 1. The molecule has 9 heteroatoms. The molecule has 1 aliphatic carbocycles.